The van der Waals surface area contributed by atoms with E-state index in [1.165, 1.54) is 22.0 Å². The monoisotopic (exact) mass is 264 g/mol. The molecule has 0 saturated heterocycles. The number of hydrogen-bond donors (Lipinski definition) is 1. The molecule has 0 aliphatic heterocycles. The Labute approximate surface area is 120 Å². The normalized spacial score (nSPS) is 12.7. The average Bonchev–Trinajstić information content (AvgIpc) is 2.95. The molecule has 1 N–H and O–H groups in total. The Bertz CT molecular complexity index is 707. The van der Waals surface area contributed by atoms with Gasteiger partial charge in [-0.25, -0.2) is 0 Å². The Balaban J connectivity index is 2.00. The van der Waals surface area contributed by atoms with E-state index in [0.29, 0.717) is 6.04 Å². The summed E-state index contributed by atoms with van der Waals surface area (Å²) in [5.74, 6) is 0. The summed E-state index contributed by atoms with van der Waals surface area (Å²) in [4.78, 5) is 0. The smallest absolute Gasteiger partial charge is 0.0479 e. The van der Waals surface area contributed by atoms with Gasteiger partial charge < -0.3 is 9.88 Å². The van der Waals surface area contributed by atoms with Gasteiger partial charge >= 0.3 is 0 Å². The second-order valence-corrected chi connectivity index (χ2v) is 5.21. The largest absolute Gasteiger partial charge is 0.346 e. The summed E-state index contributed by atoms with van der Waals surface area (Å²) >= 11 is 0. The molecular weight excluding hydrogens is 244 g/mol. The number of nitrogens with zero attached hydrogens (tertiary/aromatic N) is 1. The Morgan fingerprint density at radius 2 is 1.80 bits per heavy atom. The molecule has 2 nitrogen and oxygen atoms in total. The van der Waals surface area contributed by atoms with Crippen molar-refractivity contribution < 1.29 is 0 Å². The fourth-order valence-corrected chi connectivity index (χ4v) is 2.73. The summed E-state index contributed by atoms with van der Waals surface area (Å²) < 4.78 is 2.32. The minimum Gasteiger partial charge on any atom is -0.346 e. The predicted octanol–water partition coefficient (Wildman–Crippen LogP) is 3.97. The lowest BCUT2D eigenvalue weighted by Gasteiger charge is -2.16. The van der Waals surface area contributed by atoms with E-state index in [9.17, 15) is 0 Å². The van der Waals surface area contributed by atoms with Crippen LogP contribution in [0.4, 0.5) is 0 Å². The Morgan fingerprint density at radius 1 is 1.00 bits per heavy atom. The van der Waals surface area contributed by atoms with Gasteiger partial charge in [0.25, 0.3) is 0 Å². The van der Waals surface area contributed by atoms with Crippen molar-refractivity contribution in [2.45, 2.75) is 19.5 Å². The molecule has 0 aliphatic rings. The van der Waals surface area contributed by atoms with Crippen molar-refractivity contribution in [1.29, 1.82) is 0 Å². The van der Waals surface area contributed by atoms with Gasteiger partial charge in [0.2, 0.25) is 0 Å². The van der Waals surface area contributed by atoms with Crippen molar-refractivity contribution in [3.05, 3.63) is 72.1 Å². The molecule has 0 aliphatic carbocycles. The first kappa shape index (κ1) is 12.9. The van der Waals surface area contributed by atoms with Gasteiger partial charge in [-0.3, -0.25) is 0 Å². The Kier molecular flexibility index (Phi) is 3.57. The van der Waals surface area contributed by atoms with E-state index in [1.54, 1.807) is 0 Å². The topological polar surface area (TPSA) is 17.0 Å². The zero-order valence-electron chi connectivity index (χ0n) is 12.0. The third kappa shape index (κ3) is 2.35. The van der Waals surface area contributed by atoms with Crippen molar-refractivity contribution in [2.24, 2.45) is 0 Å². The molecule has 0 saturated carbocycles. The average molecular weight is 264 g/mol. The van der Waals surface area contributed by atoms with E-state index in [0.717, 1.165) is 6.54 Å². The van der Waals surface area contributed by atoms with E-state index in [2.05, 4.69) is 77.6 Å². The van der Waals surface area contributed by atoms with E-state index in [1.807, 2.05) is 7.05 Å². The maximum Gasteiger partial charge on any atom is 0.0479 e. The lowest BCUT2D eigenvalue weighted by Crippen LogP contribution is -2.17. The van der Waals surface area contributed by atoms with Gasteiger partial charge in [-0.05, 0) is 42.4 Å². The van der Waals surface area contributed by atoms with Crippen LogP contribution >= 0.6 is 0 Å². The number of hydrogen-bond acceptors (Lipinski definition) is 1. The zero-order chi connectivity index (χ0) is 13.9. The molecule has 3 aromatic rings. The van der Waals surface area contributed by atoms with Gasteiger partial charge in [0.05, 0.1) is 0 Å². The fourth-order valence-electron chi connectivity index (χ4n) is 2.73. The molecule has 1 aromatic heterocycles. The third-order valence-electron chi connectivity index (χ3n) is 3.96. The van der Waals surface area contributed by atoms with Gasteiger partial charge in [-0.15, -0.1) is 0 Å². The van der Waals surface area contributed by atoms with Crippen LogP contribution < -0.4 is 5.32 Å². The van der Waals surface area contributed by atoms with Crippen LogP contribution in [0.2, 0.25) is 0 Å². The molecule has 0 amide bonds. The van der Waals surface area contributed by atoms with Gasteiger partial charge in [0.15, 0.2) is 0 Å². The number of aromatic nitrogens is 1. The number of rotatable bonds is 4. The first-order chi connectivity index (χ1) is 9.79. The van der Waals surface area contributed by atoms with Gasteiger partial charge in [-0.2, -0.15) is 0 Å². The van der Waals surface area contributed by atoms with Crippen LogP contribution in [0.25, 0.3) is 10.8 Å². The van der Waals surface area contributed by atoms with Crippen molar-refractivity contribution in [3.63, 3.8) is 0 Å². The Morgan fingerprint density at radius 3 is 2.65 bits per heavy atom. The van der Waals surface area contributed by atoms with Crippen molar-refractivity contribution in [2.75, 3.05) is 7.05 Å². The van der Waals surface area contributed by atoms with Gasteiger partial charge in [0.1, 0.15) is 0 Å². The zero-order valence-corrected chi connectivity index (χ0v) is 12.0. The molecule has 0 bridgehead atoms. The number of benzene rings is 2. The number of fused-ring (bicyclic) bond motifs is 1. The molecule has 20 heavy (non-hydrogen) atoms. The summed E-state index contributed by atoms with van der Waals surface area (Å²) in [6.45, 7) is 3.10. The quantitative estimate of drug-likeness (QED) is 0.754. The lowest BCUT2D eigenvalue weighted by molar-refractivity contribution is 0.590. The van der Waals surface area contributed by atoms with Crippen LogP contribution in [0.3, 0.4) is 0 Å². The number of nitrogens with one attached hydrogen (secondary N) is 1. The summed E-state index contributed by atoms with van der Waals surface area (Å²) in [7, 11) is 2.00. The fraction of sp³-hybridized carbons (Fsp3) is 0.222. The molecule has 0 spiro atoms. The molecule has 0 radical (unpaired) electrons. The van der Waals surface area contributed by atoms with E-state index >= 15 is 0 Å². The molecule has 1 atom stereocenters. The van der Waals surface area contributed by atoms with E-state index in [4.69, 9.17) is 0 Å². The molecule has 0 fully saturated rings. The second kappa shape index (κ2) is 5.51. The van der Waals surface area contributed by atoms with E-state index < -0.39 is 0 Å². The molecule has 2 aromatic carbocycles. The van der Waals surface area contributed by atoms with Crippen LogP contribution in [0.1, 0.15) is 24.2 Å². The highest BCUT2D eigenvalue weighted by Crippen LogP contribution is 2.21. The summed E-state index contributed by atoms with van der Waals surface area (Å²) in [6, 6.07) is 19.8. The first-order valence-electron chi connectivity index (χ1n) is 7.08. The molecule has 1 unspecified atom stereocenters. The molecule has 1 heterocycles. The minimum absolute atomic E-state index is 0.361. The Hall–Kier alpha value is -2.06. The SMILES string of the molecule is CNC(C)c1cccn1Cc1cccc2ccccc12. The summed E-state index contributed by atoms with van der Waals surface area (Å²) in [5.41, 5.74) is 2.68. The standard InChI is InChI=1S/C18H20N2/c1-14(19-2)18-11-6-12-20(18)13-16-9-5-8-15-7-3-4-10-17(15)16/h3-12,14,19H,13H2,1-2H3. The van der Waals surface area contributed by atoms with Crippen LogP contribution in [-0.2, 0) is 6.54 Å². The summed E-state index contributed by atoms with van der Waals surface area (Å²) in [6.07, 6.45) is 2.16. The maximum atomic E-state index is 3.31. The second-order valence-electron chi connectivity index (χ2n) is 5.21. The van der Waals surface area contributed by atoms with Crippen molar-refractivity contribution in [3.8, 4) is 0 Å². The molecule has 3 rings (SSSR count). The minimum atomic E-state index is 0.361. The summed E-state index contributed by atoms with van der Waals surface area (Å²) in [5, 5.41) is 5.96. The highest BCUT2D eigenvalue weighted by atomic mass is 15.0. The van der Waals surface area contributed by atoms with Crippen LogP contribution in [-0.4, -0.2) is 11.6 Å². The third-order valence-corrected chi connectivity index (χ3v) is 3.96. The van der Waals surface area contributed by atoms with Crippen LogP contribution in [0.5, 0.6) is 0 Å². The lowest BCUT2D eigenvalue weighted by atomic mass is 10.0. The van der Waals surface area contributed by atoms with Crippen LogP contribution in [0, 0.1) is 0 Å². The van der Waals surface area contributed by atoms with Crippen LogP contribution in [0.15, 0.2) is 60.8 Å². The first-order valence-corrected chi connectivity index (χ1v) is 7.08. The van der Waals surface area contributed by atoms with Crippen molar-refractivity contribution >= 4 is 10.8 Å². The van der Waals surface area contributed by atoms with Gasteiger partial charge in [0, 0.05) is 24.5 Å². The molecular formula is C18H20N2. The van der Waals surface area contributed by atoms with Gasteiger partial charge in [-0.1, -0.05) is 42.5 Å². The molecule has 2 heteroatoms. The maximum absolute atomic E-state index is 3.31. The highest BCUT2D eigenvalue weighted by molar-refractivity contribution is 5.85. The molecule has 102 valence electrons. The highest BCUT2D eigenvalue weighted by Gasteiger charge is 2.09. The van der Waals surface area contributed by atoms with Crippen molar-refractivity contribution in [1.82, 2.24) is 9.88 Å². The van der Waals surface area contributed by atoms with E-state index in [-0.39, 0.29) is 0 Å². The predicted molar refractivity (Wildman–Crippen MR) is 85.0 cm³/mol.